The molecule has 0 bridgehead atoms. The normalized spacial score (nSPS) is 16.1. The van der Waals surface area contributed by atoms with Crippen LogP contribution in [0.1, 0.15) is 24.0 Å². The summed E-state index contributed by atoms with van der Waals surface area (Å²) in [6.45, 7) is -0.806. The number of hydrogen-bond donors (Lipinski definition) is 2. The topological polar surface area (TPSA) is 110 Å². The summed E-state index contributed by atoms with van der Waals surface area (Å²) in [6, 6.07) is 13.8. The van der Waals surface area contributed by atoms with Gasteiger partial charge in [0, 0.05) is 11.1 Å². The van der Waals surface area contributed by atoms with Crippen molar-refractivity contribution in [2.24, 2.45) is 0 Å². The molecule has 3 rings (SSSR count). The third-order valence-electron chi connectivity index (χ3n) is 4.41. The monoisotopic (exact) mass is 408 g/mol. The molecule has 154 valence electrons. The molecule has 30 heavy (non-hydrogen) atoms. The van der Waals surface area contributed by atoms with E-state index in [2.05, 4.69) is 0 Å². The number of rotatable bonds is 8. The van der Waals surface area contributed by atoms with Crippen LogP contribution in [0.5, 0.6) is 11.5 Å². The van der Waals surface area contributed by atoms with Gasteiger partial charge in [0.15, 0.2) is 19.0 Å². The van der Waals surface area contributed by atoms with Crippen LogP contribution in [-0.2, 0) is 14.4 Å². The quantitative estimate of drug-likeness (QED) is 0.644. The fourth-order valence-corrected chi connectivity index (χ4v) is 2.99. The fraction of sp³-hybridized carbons (Fsp3) is 0.174. The summed E-state index contributed by atoms with van der Waals surface area (Å²) in [5.74, 6) is -1.19. The molecule has 7 heteroatoms. The number of carboxylic acid groups (broad SMARTS) is 2. The highest BCUT2D eigenvalue weighted by Gasteiger charge is 2.22. The lowest BCUT2D eigenvalue weighted by molar-refractivity contribution is -0.140. The largest absolute Gasteiger partial charge is 0.482 e. The molecular formula is C23H20O7. The summed E-state index contributed by atoms with van der Waals surface area (Å²) in [6.07, 6.45) is 4.93. The number of ketones is 1. The maximum Gasteiger partial charge on any atom is 0.341 e. The third kappa shape index (κ3) is 5.81. The van der Waals surface area contributed by atoms with E-state index in [0.29, 0.717) is 35.5 Å². The molecule has 0 amide bonds. The molecule has 0 heterocycles. The second kappa shape index (κ2) is 9.56. The Hall–Kier alpha value is -3.87. The standard InChI is InChI=1S/C23H20O7/c24-21(25)13-29-19-7-1-15(2-8-19)11-17-5-6-18(23(17)28)12-16-3-9-20(10-4-16)30-14-22(26)27/h1-4,7-12H,5-6,13-14H2,(H,24,25)(H,26,27). The van der Waals surface area contributed by atoms with Crippen LogP contribution in [0.2, 0.25) is 0 Å². The summed E-state index contributed by atoms with van der Waals surface area (Å²) in [4.78, 5) is 33.8. The van der Waals surface area contributed by atoms with Gasteiger partial charge in [-0.3, -0.25) is 4.79 Å². The van der Waals surface area contributed by atoms with Gasteiger partial charge in [-0.2, -0.15) is 0 Å². The van der Waals surface area contributed by atoms with Gasteiger partial charge >= 0.3 is 11.9 Å². The summed E-state index contributed by atoms with van der Waals surface area (Å²) in [5, 5.41) is 17.3. The molecular weight excluding hydrogens is 388 g/mol. The van der Waals surface area contributed by atoms with E-state index >= 15 is 0 Å². The van der Waals surface area contributed by atoms with Gasteiger partial charge in [-0.25, -0.2) is 9.59 Å². The van der Waals surface area contributed by atoms with Crippen molar-refractivity contribution in [3.8, 4) is 11.5 Å². The molecule has 0 unspecified atom stereocenters. The van der Waals surface area contributed by atoms with Crippen LogP contribution in [0, 0.1) is 0 Å². The number of carbonyl (C=O) groups is 3. The predicted octanol–water partition coefficient (Wildman–Crippen LogP) is 3.44. The van der Waals surface area contributed by atoms with Crippen LogP contribution in [0.3, 0.4) is 0 Å². The van der Waals surface area contributed by atoms with E-state index in [1.807, 2.05) is 12.2 Å². The van der Waals surface area contributed by atoms with Gasteiger partial charge in [-0.1, -0.05) is 24.3 Å². The van der Waals surface area contributed by atoms with E-state index in [4.69, 9.17) is 19.7 Å². The highest BCUT2D eigenvalue weighted by Crippen LogP contribution is 2.30. The van der Waals surface area contributed by atoms with E-state index in [9.17, 15) is 14.4 Å². The van der Waals surface area contributed by atoms with Gasteiger partial charge in [0.2, 0.25) is 0 Å². The molecule has 2 aromatic rings. The summed E-state index contributed by atoms with van der Waals surface area (Å²) in [7, 11) is 0. The lowest BCUT2D eigenvalue weighted by atomic mass is 10.1. The number of carboxylic acids is 2. The van der Waals surface area contributed by atoms with Crippen LogP contribution in [0.15, 0.2) is 59.7 Å². The minimum atomic E-state index is -1.04. The maximum atomic E-state index is 12.7. The Labute approximate surface area is 172 Å². The van der Waals surface area contributed by atoms with Crippen molar-refractivity contribution >= 4 is 29.9 Å². The molecule has 7 nitrogen and oxygen atoms in total. The van der Waals surface area contributed by atoms with Crippen LogP contribution in [0.25, 0.3) is 12.2 Å². The Morgan fingerprint density at radius 3 is 1.43 bits per heavy atom. The van der Waals surface area contributed by atoms with Crippen LogP contribution in [0.4, 0.5) is 0 Å². The lowest BCUT2D eigenvalue weighted by Crippen LogP contribution is -2.09. The number of hydrogen-bond acceptors (Lipinski definition) is 5. The van der Waals surface area contributed by atoms with Crippen LogP contribution >= 0.6 is 0 Å². The minimum Gasteiger partial charge on any atom is -0.482 e. The Morgan fingerprint density at radius 1 is 0.733 bits per heavy atom. The molecule has 2 aromatic carbocycles. The molecule has 1 aliphatic carbocycles. The van der Waals surface area contributed by atoms with Crippen molar-refractivity contribution in [2.75, 3.05) is 13.2 Å². The zero-order chi connectivity index (χ0) is 21.5. The van der Waals surface area contributed by atoms with Gasteiger partial charge in [-0.05, 0) is 60.4 Å². The second-order valence-corrected chi connectivity index (χ2v) is 6.67. The van der Waals surface area contributed by atoms with Crippen molar-refractivity contribution in [3.05, 3.63) is 70.8 Å². The van der Waals surface area contributed by atoms with E-state index in [0.717, 1.165) is 11.1 Å². The van der Waals surface area contributed by atoms with Crippen molar-refractivity contribution in [1.29, 1.82) is 0 Å². The molecule has 1 fully saturated rings. The Balaban J connectivity index is 1.65. The molecule has 0 atom stereocenters. The third-order valence-corrected chi connectivity index (χ3v) is 4.41. The first-order valence-electron chi connectivity index (χ1n) is 9.26. The molecule has 0 saturated heterocycles. The van der Waals surface area contributed by atoms with Crippen molar-refractivity contribution in [3.63, 3.8) is 0 Å². The number of Topliss-reactive ketones (excluding diaryl/α,β-unsaturated/α-hetero) is 1. The molecule has 0 radical (unpaired) electrons. The fourth-order valence-electron chi connectivity index (χ4n) is 2.99. The van der Waals surface area contributed by atoms with Gasteiger partial charge < -0.3 is 19.7 Å². The summed E-state index contributed by atoms with van der Waals surface area (Å²) in [5.41, 5.74) is 3.09. The molecule has 0 spiro atoms. The van der Waals surface area contributed by atoms with E-state index in [1.54, 1.807) is 48.5 Å². The number of benzene rings is 2. The lowest BCUT2D eigenvalue weighted by Gasteiger charge is -2.04. The van der Waals surface area contributed by atoms with Crippen molar-refractivity contribution in [1.82, 2.24) is 0 Å². The smallest absolute Gasteiger partial charge is 0.341 e. The van der Waals surface area contributed by atoms with Crippen LogP contribution < -0.4 is 9.47 Å². The molecule has 0 aliphatic heterocycles. The van der Waals surface area contributed by atoms with Gasteiger partial charge in [0.25, 0.3) is 0 Å². The Kier molecular flexibility index (Phi) is 6.64. The Bertz CT molecular complexity index is 917. The summed E-state index contributed by atoms with van der Waals surface area (Å²) < 4.78 is 10.2. The molecule has 1 saturated carbocycles. The second-order valence-electron chi connectivity index (χ2n) is 6.67. The summed E-state index contributed by atoms with van der Waals surface area (Å²) >= 11 is 0. The SMILES string of the molecule is O=C(O)COc1ccc(C=C2CCC(=Cc3ccc(OCC(=O)O)cc3)C2=O)cc1. The van der Waals surface area contributed by atoms with Crippen molar-refractivity contribution in [2.45, 2.75) is 12.8 Å². The zero-order valence-electron chi connectivity index (χ0n) is 16.0. The average molecular weight is 408 g/mol. The highest BCUT2D eigenvalue weighted by molar-refractivity contribution is 6.15. The molecule has 1 aliphatic rings. The zero-order valence-corrected chi connectivity index (χ0v) is 16.0. The number of carbonyl (C=O) groups excluding carboxylic acids is 1. The Morgan fingerprint density at radius 2 is 1.10 bits per heavy atom. The van der Waals surface area contributed by atoms with E-state index < -0.39 is 25.2 Å². The first-order chi connectivity index (χ1) is 14.4. The number of ether oxygens (including phenoxy) is 2. The minimum absolute atomic E-state index is 0.00703. The predicted molar refractivity (Wildman–Crippen MR) is 109 cm³/mol. The molecule has 2 N–H and O–H groups in total. The maximum absolute atomic E-state index is 12.7. The number of aliphatic carboxylic acids is 2. The van der Waals surface area contributed by atoms with E-state index in [-0.39, 0.29) is 5.78 Å². The van der Waals surface area contributed by atoms with Crippen LogP contribution in [-0.4, -0.2) is 41.1 Å². The van der Waals surface area contributed by atoms with Crippen molar-refractivity contribution < 1.29 is 34.1 Å². The van der Waals surface area contributed by atoms with E-state index in [1.165, 1.54) is 0 Å². The van der Waals surface area contributed by atoms with Gasteiger partial charge in [0.05, 0.1) is 0 Å². The first-order valence-corrected chi connectivity index (χ1v) is 9.26. The molecule has 0 aromatic heterocycles. The number of allylic oxidation sites excluding steroid dienone is 2. The highest BCUT2D eigenvalue weighted by atomic mass is 16.5. The van der Waals surface area contributed by atoms with Gasteiger partial charge in [0.1, 0.15) is 11.5 Å². The van der Waals surface area contributed by atoms with Gasteiger partial charge in [-0.15, -0.1) is 0 Å². The first kappa shape index (κ1) is 20.9. The average Bonchev–Trinajstić information content (AvgIpc) is 3.06.